The van der Waals surface area contributed by atoms with Crippen LogP contribution in [-0.4, -0.2) is 28.8 Å². The number of rotatable bonds is 22. The van der Waals surface area contributed by atoms with Gasteiger partial charge in [-0.3, -0.25) is 14.4 Å². The maximum atomic E-state index is 12.8. The minimum Gasteiger partial charge on any atom is -0.481 e. The fourth-order valence-corrected chi connectivity index (χ4v) is 3.98. The molecular formula is C33H53NO4. The predicted molar refractivity (Wildman–Crippen MR) is 160 cm³/mol. The van der Waals surface area contributed by atoms with Crippen molar-refractivity contribution in [2.24, 2.45) is 17.8 Å². The number of allylic oxidation sites excluding steroid dienone is 10. The molecule has 0 aromatic heterocycles. The SMILES string of the molecule is CC/C=C\C/C=C\C/C=C\C/C=C\C/C=C\CCCC(=O)NC(CC(C)C)C(=O)CC(CC(C)C)C(=O)O. The molecule has 0 aliphatic rings. The number of amides is 1. The maximum absolute atomic E-state index is 12.8. The lowest BCUT2D eigenvalue weighted by Crippen LogP contribution is -2.42. The van der Waals surface area contributed by atoms with Gasteiger partial charge in [-0.05, 0) is 69.6 Å². The summed E-state index contributed by atoms with van der Waals surface area (Å²) in [6.45, 7) is 10.0. The third-order valence-corrected chi connectivity index (χ3v) is 5.92. The first-order chi connectivity index (χ1) is 18.2. The lowest BCUT2D eigenvalue weighted by atomic mass is 9.88. The van der Waals surface area contributed by atoms with Crippen LogP contribution in [-0.2, 0) is 14.4 Å². The van der Waals surface area contributed by atoms with Crippen molar-refractivity contribution in [3.05, 3.63) is 60.8 Å². The van der Waals surface area contributed by atoms with Crippen molar-refractivity contribution in [3.8, 4) is 0 Å². The Bertz CT molecular complexity index is 802. The highest BCUT2D eigenvalue weighted by Gasteiger charge is 2.28. The van der Waals surface area contributed by atoms with Gasteiger partial charge in [0.1, 0.15) is 0 Å². The van der Waals surface area contributed by atoms with Gasteiger partial charge in [0.25, 0.3) is 0 Å². The van der Waals surface area contributed by atoms with Crippen LogP contribution >= 0.6 is 0 Å². The summed E-state index contributed by atoms with van der Waals surface area (Å²) in [6, 6.07) is -0.620. The highest BCUT2D eigenvalue weighted by atomic mass is 16.4. The second-order valence-electron chi connectivity index (χ2n) is 10.7. The molecule has 214 valence electrons. The van der Waals surface area contributed by atoms with E-state index in [1.807, 2.05) is 27.7 Å². The Morgan fingerprint density at radius 1 is 0.711 bits per heavy atom. The van der Waals surface area contributed by atoms with Crippen LogP contribution < -0.4 is 5.32 Å². The molecule has 0 aliphatic heterocycles. The molecule has 0 rings (SSSR count). The minimum absolute atomic E-state index is 0.0365. The first-order valence-corrected chi connectivity index (χ1v) is 14.5. The van der Waals surface area contributed by atoms with Gasteiger partial charge < -0.3 is 10.4 Å². The van der Waals surface area contributed by atoms with Crippen LogP contribution in [0, 0.1) is 17.8 Å². The molecule has 1 amide bonds. The molecule has 0 saturated heterocycles. The number of nitrogens with one attached hydrogen (secondary N) is 1. The van der Waals surface area contributed by atoms with Gasteiger partial charge in [0.2, 0.25) is 5.91 Å². The first kappa shape index (κ1) is 35.3. The third kappa shape index (κ3) is 21.4. The van der Waals surface area contributed by atoms with Gasteiger partial charge in [-0.1, -0.05) is 95.4 Å². The van der Waals surface area contributed by atoms with Crippen molar-refractivity contribution in [1.82, 2.24) is 5.32 Å². The number of carboxylic acids is 1. The molecular weight excluding hydrogens is 474 g/mol. The van der Waals surface area contributed by atoms with Crippen LogP contribution in [0.25, 0.3) is 0 Å². The van der Waals surface area contributed by atoms with Crippen molar-refractivity contribution in [2.75, 3.05) is 0 Å². The Morgan fingerprint density at radius 3 is 1.63 bits per heavy atom. The number of hydrogen-bond donors (Lipinski definition) is 2. The highest BCUT2D eigenvalue weighted by Crippen LogP contribution is 2.19. The van der Waals surface area contributed by atoms with E-state index < -0.39 is 17.9 Å². The molecule has 0 fully saturated rings. The fraction of sp³-hybridized carbons (Fsp3) is 0.606. The first-order valence-electron chi connectivity index (χ1n) is 14.5. The zero-order valence-corrected chi connectivity index (χ0v) is 24.5. The topological polar surface area (TPSA) is 83.5 Å². The van der Waals surface area contributed by atoms with E-state index >= 15 is 0 Å². The number of unbranched alkanes of at least 4 members (excludes halogenated alkanes) is 1. The molecule has 5 nitrogen and oxygen atoms in total. The number of carbonyl (C=O) groups excluding carboxylic acids is 2. The largest absolute Gasteiger partial charge is 0.481 e. The van der Waals surface area contributed by atoms with Crippen LogP contribution in [0.4, 0.5) is 0 Å². The van der Waals surface area contributed by atoms with Gasteiger partial charge in [0, 0.05) is 12.8 Å². The van der Waals surface area contributed by atoms with E-state index in [0.717, 1.165) is 38.5 Å². The summed E-state index contributed by atoms with van der Waals surface area (Å²) in [5.41, 5.74) is 0. The monoisotopic (exact) mass is 527 g/mol. The smallest absolute Gasteiger partial charge is 0.306 e. The number of ketones is 1. The highest BCUT2D eigenvalue weighted by molar-refractivity contribution is 5.91. The van der Waals surface area contributed by atoms with Gasteiger partial charge in [-0.15, -0.1) is 0 Å². The lowest BCUT2D eigenvalue weighted by molar-refractivity contribution is -0.144. The Hall–Kier alpha value is -2.69. The van der Waals surface area contributed by atoms with Crippen molar-refractivity contribution < 1.29 is 19.5 Å². The molecule has 2 atom stereocenters. The van der Waals surface area contributed by atoms with Crippen LogP contribution in [0.3, 0.4) is 0 Å². The van der Waals surface area contributed by atoms with E-state index in [0.29, 0.717) is 25.7 Å². The Morgan fingerprint density at radius 2 is 1.18 bits per heavy atom. The summed E-state index contributed by atoms with van der Waals surface area (Å²) in [5, 5.41) is 12.3. The van der Waals surface area contributed by atoms with Gasteiger partial charge in [-0.25, -0.2) is 0 Å². The zero-order valence-electron chi connectivity index (χ0n) is 24.5. The Kier molecular flexibility index (Phi) is 21.8. The van der Waals surface area contributed by atoms with Crippen LogP contribution in [0.5, 0.6) is 0 Å². The quantitative estimate of drug-likeness (QED) is 0.110. The summed E-state index contributed by atoms with van der Waals surface area (Å²) < 4.78 is 0. The summed E-state index contributed by atoms with van der Waals surface area (Å²) in [6.07, 6.45) is 29.3. The van der Waals surface area contributed by atoms with E-state index in [2.05, 4.69) is 73.0 Å². The summed E-state index contributed by atoms with van der Waals surface area (Å²) in [5.74, 6) is -1.56. The number of aliphatic carboxylic acids is 1. The van der Waals surface area contributed by atoms with Gasteiger partial charge in [0.05, 0.1) is 12.0 Å². The van der Waals surface area contributed by atoms with E-state index in [9.17, 15) is 19.5 Å². The standard InChI is InChI=1S/C33H53NO4/c1-6-7-8-9-10-11-12-13-14-15-16-17-18-19-20-21-22-23-32(36)34-30(25-28(4)5)31(35)26-29(33(37)38)24-27(2)3/h7-8,10-11,13-14,16-17,19-20,27-30H,6,9,12,15,18,21-26H2,1-5H3,(H,34,36)(H,37,38)/b8-7-,11-10-,14-13-,17-16-,20-19-. The second-order valence-corrected chi connectivity index (χ2v) is 10.7. The average Bonchev–Trinajstić information content (AvgIpc) is 2.84. The van der Waals surface area contributed by atoms with Gasteiger partial charge in [0.15, 0.2) is 5.78 Å². The van der Waals surface area contributed by atoms with Gasteiger partial charge in [-0.2, -0.15) is 0 Å². The number of hydrogen-bond acceptors (Lipinski definition) is 3. The third-order valence-electron chi connectivity index (χ3n) is 5.92. The molecule has 38 heavy (non-hydrogen) atoms. The molecule has 2 unspecified atom stereocenters. The fourth-order valence-electron chi connectivity index (χ4n) is 3.98. The molecule has 0 bridgehead atoms. The summed E-state index contributed by atoms with van der Waals surface area (Å²) in [7, 11) is 0. The molecule has 0 heterocycles. The minimum atomic E-state index is -0.946. The van der Waals surface area contributed by atoms with Crippen LogP contribution in [0.15, 0.2) is 60.8 Å². The summed E-state index contributed by atoms with van der Waals surface area (Å²) in [4.78, 5) is 36.9. The number of carbonyl (C=O) groups is 3. The van der Waals surface area contributed by atoms with Gasteiger partial charge >= 0.3 is 5.97 Å². The molecule has 0 aliphatic carbocycles. The van der Waals surface area contributed by atoms with E-state index in [4.69, 9.17) is 0 Å². The molecule has 0 aromatic carbocycles. The van der Waals surface area contributed by atoms with Crippen molar-refractivity contribution in [3.63, 3.8) is 0 Å². The summed E-state index contributed by atoms with van der Waals surface area (Å²) >= 11 is 0. The molecule has 2 N–H and O–H groups in total. The van der Waals surface area contributed by atoms with Crippen molar-refractivity contribution in [2.45, 2.75) is 111 Å². The molecule has 5 heteroatoms. The van der Waals surface area contributed by atoms with Crippen molar-refractivity contribution in [1.29, 1.82) is 0 Å². The van der Waals surface area contributed by atoms with Crippen LogP contribution in [0.2, 0.25) is 0 Å². The van der Waals surface area contributed by atoms with Crippen LogP contribution in [0.1, 0.15) is 105 Å². The number of Topliss-reactive ketones (excluding diaryl/α,β-unsaturated/α-hetero) is 1. The molecule has 0 radical (unpaired) electrons. The Balaban J connectivity index is 4.28. The maximum Gasteiger partial charge on any atom is 0.306 e. The predicted octanol–water partition coefficient (Wildman–Crippen LogP) is 8.15. The number of carboxylic acid groups (broad SMARTS) is 1. The average molecular weight is 528 g/mol. The molecule has 0 spiro atoms. The zero-order chi connectivity index (χ0) is 28.6. The van der Waals surface area contributed by atoms with E-state index in [-0.39, 0.29) is 29.9 Å². The van der Waals surface area contributed by atoms with Crippen molar-refractivity contribution >= 4 is 17.7 Å². The molecule has 0 saturated carbocycles. The van der Waals surface area contributed by atoms with E-state index in [1.165, 1.54) is 0 Å². The van der Waals surface area contributed by atoms with E-state index in [1.54, 1.807) is 0 Å². The Labute approximate surface area is 232 Å². The normalized spacial score (nSPS) is 14.2. The lowest BCUT2D eigenvalue weighted by Gasteiger charge is -2.22. The second kappa shape index (κ2) is 23.4. The molecule has 0 aromatic rings.